The summed E-state index contributed by atoms with van der Waals surface area (Å²) in [6.07, 6.45) is 0. The third-order valence-corrected chi connectivity index (χ3v) is 3.22. The number of nitrogens with two attached hydrogens (primary N) is 1. The van der Waals surface area contributed by atoms with Gasteiger partial charge >= 0.3 is 0 Å². The summed E-state index contributed by atoms with van der Waals surface area (Å²) >= 11 is 0. The van der Waals surface area contributed by atoms with Gasteiger partial charge < -0.3 is 10.6 Å². The molecule has 0 unspecified atom stereocenters. The second kappa shape index (κ2) is 4.72. The molecule has 2 N–H and O–H groups in total. The van der Waals surface area contributed by atoms with Gasteiger partial charge in [0.15, 0.2) is 0 Å². The van der Waals surface area contributed by atoms with Crippen LogP contribution in [0.5, 0.6) is 0 Å². The molecule has 0 spiro atoms. The van der Waals surface area contributed by atoms with Crippen LogP contribution in [0.3, 0.4) is 0 Å². The second-order valence-corrected chi connectivity index (χ2v) is 4.37. The van der Waals surface area contributed by atoms with Crippen LogP contribution in [0.4, 0.5) is 5.69 Å². The molecular weight excluding hydrogens is 246 g/mol. The number of hydrogen-bond acceptors (Lipinski definition) is 4. The highest BCUT2D eigenvalue weighted by Crippen LogP contribution is 2.27. The lowest BCUT2D eigenvalue weighted by atomic mass is 10.1. The van der Waals surface area contributed by atoms with E-state index in [-0.39, 0.29) is 29.3 Å². The molecule has 1 aromatic rings. The number of rotatable bonds is 3. The van der Waals surface area contributed by atoms with Crippen LogP contribution in [0.15, 0.2) is 18.2 Å². The van der Waals surface area contributed by atoms with Gasteiger partial charge in [0.1, 0.15) is 6.54 Å². The summed E-state index contributed by atoms with van der Waals surface area (Å²) in [4.78, 5) is 38.4. The average Bonchev–Trinajstić information content (AvgIpc) is 2.64. The Kier molecular flexibility index (Phi) is 3.25. The normalized spacial score (nSPS) is 13.7. The van der Waals surface area contributed by atoms with Gasteiger partial charge in [-0.1, -0.05) is 6.07 Å². The number of benzene rings is 1. The summed E-state index contributed by atoms with van der Waals surface area (Å²) in [6, 6.07) is 4.72. The number of carbonyl (C=O) groups is 3. The Hall–Kier alpha value is -2.37. The number of imide groups is 1. The molecule has 0 atom stereocenters. The maximum atomic E-state index is 12.1. The molecular formula is C13H15N3O3. The molecule has 3 amide bonds. The van der Waals surface area contributed by atoms with Gasteiger partial charge in [0.25, 0.3) is 11.8 Å². The number of nitrogens with zero attached hydrogens (tertiary/aromatic N) is 2. The van der Waals surface area contributed by atoms with Gasteiger partial charge in [-0.2, -0.15) is 0 Å². The zero-order valence-corrected chi connectivity index (χ0v) is 10.8. The van der Waals surface area contributed by atoms with Crippen molar-refractivity contribution < 1.29 is 14.4 Å². The predicted molar refractivity (Wildman–Crippen MR) is 69.5 cm³/mol. The van der Waals surface area contributed by atoms with E-state index in [9.17, 15) is 14.4 Å². The van der Waals surface area contributed by atoms with E-state index < -0.39 is 11.8 Å². The maximum absolute atomic E-state index is 12.1. The van der Waals surface area contributed by atoms with Crippen LogP contribution in [0.2, 0.25) is 0 Å². The molecule has 1 aliphatic heterocycles. The molecule has 0 fully saturated rings. The van der Waals surface area contributed by atoms with E-state index in [2.05, 4.69) is 0 Å². The Morgan fingerprint density at radius 2 is 2.00 bits per heavy atom. The van der Waals surface area contributed by atoms with Crippen molar-refractivity contribution in [1.29, 1.82) is 0 Å². The van der Waals surface area contributed by atoms with Crippen LogP contribution in [0, 0.1) is 0 Å². The number of amides is 3. The van der Waals surface area contributed by atoms with Crippen molar-refractivity contribution in [2.45, 2.75) is 6.92 Å². The van der Waals surface area contributed by atoms with Crippen molar-refractivity contribution in [3.8, 4) is 0 Å². The average molecular weight is 261 g/mol. The molecule has 0 saturated heterocycles. The fraction of sp³-hybridized carbons (Fsp3) is 0.308. The van der Waals surface area contributed by atoms with Crippen LogP contribution in [-0.4, -0.2) is 47.7 Å². The number of hydrogen-bond donors (Lipinski definition) is 1. The van der Waals surface area contributed by atoms with E-state index in [4.69, 9.17) is 5.73 Å². The minimum absolute atomic E-state index is 0.194. The number of fused-ring (bicyclic) bond motifs is 1. The quantitative estimate of drug-likeness (QED) is 0.628. The molecule has 0 aliphatic carbocycles. The molecule has 0 saturated carbocycles. The van der Waals surface area contributed by atoms with Gasteiger partial charge in [-0.25, -0.2) is 0 Å². The number of anilines is 1. The first kappa shape index (κ1) is 13.1. The van der Waals surface area contributed by atoms with E-state index >= 15 is 0 Å². The van der Waals surface area contributed by atoms with Crippen molar-refractivity contribution in [2.24, 2.45) is 0 Å². The molecule has 6 heteroatoms. The molecule has 100 valence electrons. The smallest absolute Gasteiger partial charge is 0.264 e. The van der Waals surface area contributed by atoms with Crippen LogP contribution < -0.4 is 5.73 Å². The largest absolute Gasteiger partial charge is 0.398 e. The van der Waals surface area contributed by atoms with Crippen molar-refractivity contribution >= 4 is 23.4 Å². The summed E-state index contributed by atoms with van der Waals surface area (Å²) in [5, 5.41) is 0. The van der Waals surface area contributed by atoms with Gasteiger partial charge in [0.05, 0.1) is 11.1 Å². The Bertz CT molecular complexity index is 568. The predicted octanol–water partition coefficient (Wildman–Crippen LogP) is 0.343. The Labute approximate surface area is 110 Å². The number of likely N-dealkylation sites (N-methyl/N-ethyl adjacent to an activating group) is 1. The Morgan fingerprint density at radius 1 is 1.32 bits per heavy atom. The lowest BCUT2D eigenvalue weighted by Crippen LogP contribution is -2.41. The maximum Gasteiger partial charge on any atom is 0.264 e. The third kappa shape index (κ3) is 2.05. The van der Waals surface area contributed by atoms with E-state index in [1.165, 1.54) is 4.90 Å². The molecule has 6 nitrogen and oxygen atoms in total. The summed E-state index contributed by atoms with van der Waals surface area (Å²) in [6.45, 7) is 2.08. The van der Waals surface area contributed by atoms with Crippen LogP contribution in [0.25, 0.3) is 0 Å². The van der Waals surface area contributed by atoms with Gasteiger partial charge in [0.2, 0.25) is 5.91 Å². The fourth-order valence-corrected chi connectivity index (χ4v) is 1.94. The monoisotopic (exact) mass is 261 g/mol. The summed E-state index contributed by atoms with van der Waals surface area (Å²) in [7, 11) is 1.62. The molecule has 2 rings (SSSR count). The molecule has 1 aliphatic rings. The highest BCUT2D eigenvalue weighted by atomic mass is 16.2. The van der Waals surface area contributed by atoms with Gasteiger partial charge in [-0.05, 0) is 19.1 Å². The zero-order valence-electron chi connectivity index (χ0n) is 10.8. The molecule has 0 radical (unpaired) electrons. The van der Waals surface area contributed by atoms with E-state index in [1.54, 1.807) is 25.2 Å². The Balaban J connectivity index is 2.28. The first-order valence-corrected chi connectivity index (χ1v) is 5.96. The second-order valence-electron chi connectivity index (χ2n) is 4.37. The number of nitrogen functional groups attached to an aromatic ring is 1. The minimum Gasteiger partial charge on any atom is -0.398 e. The lowest BCUT2D eigenvalue weighted by molar-refractivity contribution is -0.130. The first-order chi connectivity index (χ1) is 8.97. The summed E-state index contributed by atoms with van der Waals surface area (Å²) < 4.78 is 0. The number of carbonyl (C=O) groups excluding carboxylic acids is 3. The van der Waals surface area contributed by atoms with Crippen molar-refractivity contribution in [3.05, 3.63) is 29.3 Å². The van der Waals surface area contributed by atoms with Crippen LogP contribution in [0.1, 0.15) is 27.6 Å². The lowest BCUT2D eigenvalue weighted by Gasteiger charge is -2.19. The van der Waals surface area contributed by atoms with Crippen molar-refractivity contribution in [2.75, 3.05) is 25.9 Å². The molecule has 0 aromatic heterocycles. The molecule has 1 heterocycles. The molecule has 19 heavy (non-hydrogen) atoms. The van der Waals surface area contributed by atoms with E-state index in [1.807, 2.05) is 6.92 Å². The van der Waals surface area contributed by atoms with Crippen LogP contribution in [-0.2, 0) is 4.79 Å². The SMILES string of the molecule is CCN(C)C(=O)CN1C(=O)c2cccc(N)c2C1=O. The fourth-order valence-electron chi connectivity index (χ4n) is 1.94. The topological polar surface area (TPSA) is 83.7 Å². The van der Waals surface area contributed by atoms with Gasteiger partial charge in [-0.15, -0.1) is 0 Å². The van der Waals surface area contributed by atoms with Crippen molar-refractivity contribution in [1.82, 2.24) is 9.80 Å². The van der Waals surface area contributed by atoms with E-state index in [0.29, 0.717) is 6.54 Å². The third-order valence-electron chi connectivity index (χ3n) is 3.22. The summed E-state index contributed by atoms with van der Waals surface area (Å²) in [5.41, 5.74) is 6.42. The van der Waals surface area contributed by atoms with Crippen molar-refractivity contribution in [3.63, 3.8) is 0 Å². The zero-order chi connectivity index (χ0) is 14.2. The summed E-state index contributed by atoms with van der Waals surface area (Å²) in [5.74, 6) is -1.25. The van der Waals surface area contributed by atoms with Gasteiger partial charge in [0, 0.05) is 19.3 Å². The first-order valence-electron chi connectivity index (χ1n) is 5.96. The Morgan fingerprint density at radius 3 is 2.58 bits per heavy atom. The molecule has 1 aromatic carbocycles. The molecule has 0 bridgehead atoms. The standard InChI is InChI=1S/C13H15N3O3/c1-3-15(2)10(17)7-16-12(18)8-5-4-6-9(14)11(8)13(16)19/h4-6H,3,7,14H2,1-2H3. The highest BCUT2D eigenvalue weighted by Gasteiger charge is 2.38. The minimum atomic E-state index is -0.504. The van der Waals surface area contributed by atoms with Gasteiger partial charge in [-0.3, -0.25) is 19.3 Å². The van der Waals surface area contributed by atoms with E-state index in [0.717, 1.165) is 4.90 Å². The van der Waals surface area contributed by atoms with Crippen LogP contribution >= 0.6 is 0 Å². The highest BCUT2D eigenvalue weighted by molar-refractivity contribution is 6.24.